The fourth-order valence-corrected chi connectivity index (χ4v) is 3.42. The van der Waals surface area contributed by atoms with Gasteiger partial charge in [0, 0.05) is 20.3 Å². The molecule has 0 aromatic heterocycles. The third kappa shape index (κ3) is 5.44. The van der Waals surface area contributed by atoms with Crippen LogP contribution in [0, 0.1) is 0 Å². The SMILES string of the molecule is C=CC(=O)OC(CCC)[SiH2]C(C)(OC)OC. The Bertz CT molecular complexity index is 226. The minimum Gasteiger partial charge on any atom is -0.464 e. The summed E-state index contributed by atoms with van der Waals surface area (Å²) in [6.07, 6.45) is 2.99. The number of ether oxygens (including phenoxy) is 3. The molecule has 1 unspecified atom stereocenters. The van der Waals surface area contributed by atoms with Gasteiger partial charge in [-0.3, -0.25) is 0 Å². The average Bonchev–Trinajstić information content (AvgIpc) is 2.29. The zero-order valence-electron chi connectivity index (χ0n) is 10.6. The quantitative estimate of drug-likeness (QED) is 0.277. The fraction of sp³-hybridized carbons (Fsp3) is 0.727. The number of hydrogen-bond acceptors (Lipinski definition) is 4. The second-order valence-electron chi connectivity index (χ2n) is 3.80. The van der Waals surface area contributed by atoms with Crippen molar-refractivity contribution in [1.82, 2.24) is 0 Å². The third-order valence-electron chi connectivity index (χ3n) is 2.52. The lowest BCUT2D eigenvalue weighted by atomic mass is 10.3. The van der Waals surface area contributed by atoms with E-state index in [1.54, 1.807) is 14.2 Å². The van der Waals surface area contributed by atoms with Crippen LogP contribution in [-0.4, -0.2) is 40.8 Å². The van der Waals surface area contributed by atoms with Crippen LogP contribution in [0.1, 0.15) is 26.7 Å². The van der Waals surface area contributed by atoms with Gasteiger partial charge >= 0.3 is 5.97 Å². The zero-order chi connectivity index (χ0) is 12.6. The van der Waals surface area contributed by atoms with Crippen LogP contribution in [0.5, 0.6) is 0 Å². The summed E-state index contributed by atoms with van der Waals surface area (Å²) in [5, 5.41) is 0. The summed E-state index contributed by atoms with van der Waals surface area (Å²) in [4.78, 5) is 11.2. The smallest absolute Gasteiger partial charge is 0.330 e. The number of esters is 1. The largest absolute Gasteiger partial charge is 0.464 e. The predicted octanol–water partition coefficient (Wildman–Crippen LogP) is 0.977. The minimum atomic E-state index is -0.856. The topological polar surface area (TPSA) is 44.8 Å². The molecule has 0 aromatic carbocycles. The van der Waals surface area contributed by atoms with Crippen molar-refractivity contribution in [3.8, 4) is 0 Å². The first-order valence-corrected chi connectivity index (χ1v) is 6.97. The summed E-state index contributed by atoms with van der Waals surface area (Å²) in [5.74, 6) is -0.375. The molecule has 0 aliphatic carbocycles. The maximum absolute atomic E-state index is 11.2. The van der Waals surface area contributed by atoms with E-state index in [4.69, 9.17) is 14.2 Å². The standard InChI is InChI=1S/C11H22O4Si/c1-6-8-10(15-9(12)7-2)16-11(3,13-4)14-5/h7,10H,2,6,8,16H2,1,3-5H3. The average molecular weight is 246 g/mol. The molecule has 16 heavy (non-hydrogen) atoms. The molecule has 0 aromatic rings. The molecule has 1 atom stereocenters. The van der Waals surface area contributed by atoms with Crippen LogP contribution < -0.4 is 0 Å². The van der Waals surface area contributed by atoms with Crippen LogP contribution in [-0.2, 0) is 19.0 Å². The normalized spacial score (nSPS) is 14.0. The molecular weight excluding hydrogens is 224 g/mol. The predicted molar refractivity (Wildman–Crippen MR) is 66.0 cm³/mol. The van der Waals surface area contributed by atoms with Crippen LogP contribution in [0.2, 0.25) is 0 Å². The number of hydrogen-bond donors (Lipinski definition) is 0. The van der Waals surface area contributed by atoms with E-state index in [0.29, 0.717) is 0 Å². The second kappa shape index (κ2) is 7.59. The van der Waals surface area contributed by atoms with Gasteiger partial charge in [0.25, 0.3) is 0 Å². The van der Waals surface area contributed by atoms with E-state index >= 15 is 0 Å². The van der Waals surface area contributed by atoms with Crippen molar-refractivity contribution in [1.29, 1.82) is 0 Å². The van der Waals surface area contributed by atoms with Crippen molar-refractivity contribution in [3.63, 3.8) is 0 Å². The molecule has 0 bridgehead atoms. The summed E-state index contributed by atoms with van der Waals surface area (Å²) in [6, 6.07) is 0. The van der Waals surface area contributed by atoms with Crippen molar-refractivity contribution in [3.05, 3.63) is 12.7 Å². The molecule has 0 saturated heterocycles. The van der Waals surface area contributed by atoms with Crippen molar-refractivity contribution < 1.29 is 19.0 Å². The molecule has 4 nitrogen and oxygen atoms in total. The van der Waals surface area contributed by atoms with Gasteiger partial charge < -0.3 is 14.2 Å². The van der Waals surface area contributed by atoms with E-state index in [9.17, 15) is 4.79 Å². The van der Waals surface area contributed by atoms with Crippen LogP contribution in [0.4, 0.5) is 0 Å². The van der Waals surface area contributed by atoms with Gasteiger partial charge in [0.2, 0.25) is 0 Å². The maximum atomic E-state index is 11.2. The van der Waals surface area contributed by atoms with Gasteiger partial charge in [-0.25, -0.2) is 4.79 Å². The molecular formula is C11H22O4Si. The highest BCUT2D eigenvalue weighted by molar-refractivity contribution is 6.40. The molecule has 0 radical (unpaired) electrons. The Labute approximate surface area is 99.8 Å². The Morgan fingerprint density at radius 1 is 1.50 bits per heavy atom. The van der Waals surface area contributed by atoms with Crippen LogP contribution in [0.3, 0.4) is 0 Å². The Balaban J connectivity index is 4.41. The number of carbonyl (C=O) groups excluding carboxylic acids is 1. The molecule has 0 spiro atoms. The summed E-state index contributed by atoms with van der Waals surface area (Å²) in [7, 11) is 2.36. The highest BCUT2D eigenvalue weighted by atomic mass is 28.2. The Kier molecular flexibility index (Phi) is 7.28. The van der Waals surface area contributed by atoms with Crippen molar-refractivity contribution in [2.45, 2.75) is 37.8 Å². The molecule has 0 saturated carbocycles. The van der Waals surface area contributed by atoms with Gasteiger partial charge in [0.1, 0.15) is 14.9 Å². The number of rotatable bonds is 8. The van der Waals surface area contributed by atoms with E-state index in [1.165, 1.54) is 6.08 Å². The molecule has 0 rings (SSSR count). The second-order valence-corrected chi connectivity index (χ2v) is 6.40. The van der Waals surface area contributed by atoms with E-state index in [2.05, 4.69) is 13.5 Å². The van der Waals surface area contributed by atoms with E-state index < -0.39 is 14.9 Å². The van der Waals surface area contributed by atoms with Crippen LogP contribution >= 0.6 is 0 Å². The lowest BCUT2D eigenvalue weighted by molar-refractivity contribution is -0.145. The summed E-state index contributed by atoms with van der Waals surface area (Å²) >= 11 is 0. The van der Waals surface area contributed by atoms with Gasteiger partial charge in [0.05, 0.1) is 5.73 Å². The molecule has 0 heterocycles. The van der Waals surface area contributed by atoms with Crippen molar-refractivity contribution in [2.75, 3.05) is 14.2 Å². The Morgan fingerprint density at radius 2 is 2.06 bits per heavy atom. The lowest BCUT2D eigenvalue weighted by Crippen LogP contribution is -2.44. The number of methoxy groups -OCH3 is 2. The van der Waals surface area contributed by atoms with Crippen LogP contribution in [0.15, 0.2) is 12.7 Å². The fourth-order valence-electron chi connectivity index (χ4n) is 1.40. The summed E-state index contributed by atoms with van der Waals surface area (Å²) < 4.78 is 15.9. The van der Waals surface area contributed by atoms with Gasteiger partial charge in [-0.1, -0.05) is 19.9 Å². The molecule has 0 N–H and O–H groups in total. The van der Waals surface area contributed by atoms with Crippen LogP contribution in [0.25, 0.3) is 0 Å². The van der Waals surface area contributed by atoms with E-state index in [0.717, 1.165) is 12.8 Å². The highest BCUT2D eigenvalue weighted by Gasteiger charge is 2.29. The monoisotopic (exact) mass is 246 g/mol. The van der Waals surface area contributed by atoms with Gasteiger partial charge in [-0.2, -0.15) is 0 Å². The molecule has 0 aliphatic rings. The lowest BCUT2D eigenvalue weighted by Gasteiger charge is -2.29. The first-order chi connectivity index (χ1) is 7.51. The van der Waals surface area contributed by atoms with E-state index in [-0.39, 0.29) is 11.7 Å². The summed E-state index contributed by atoms with van der Waals surface area (Å²) in [5.41, 5.74) is -0.651. The Hall–Kier alpha value is -0.653. The zero-order valence-corrected chi connectivity index (χ0v) is 12.0. The first kappa shape index (κ1) is 15.3. The van der Waals surface area contributed by atoms with Gasteiger partial charge in [-0.05, 0) is 13.3 Å². The molecule has 0 amide bonds. The number of carbonyl (C=O) groups is 1. The van der Waals surface area contributed by atoms with Gasteiger partial charge in [0.15, 0.2) is 0 Å². The molecule has 0 fully saturated rings. The highest BCUT2D eigenvalue weighted by Crippen LogP contribution is 2.14. The summed E-state index contributed by atoms with van der Waals surface area (Å²) in [6.45, 7) is 7.32. The molecule has 5 heteroatoms. The molecule has 0 aliphatic heterocycles. The Morgan fingerprint density at radius 3 is 2.44 bits per heavy atom. The van der Waals surface area contributed by atoms with Crippen molar-refractivity contribution in [2.24, 2.45) is 0 Å². The van der Waals surface area contributed by atoms with E-state index in [1.807, 2.05) is 6.92 Å². The minimum absolute atomic E-state index is 0.0691. The molecule has 94 valence electrons. The first-order valence-electron chi connectivity index (χ1n) is 5.44. The van der Waals surface area contributed by atoms with Gasteiger partial charge in [-0.15, -0.1) is 0 Å². The maximum Gasteiger partial charge on any atom is 0.330 e. The third-order valence-corrected chi connectivity index (χ3v) is 4.87. The van der Waals surface area contributed by atoms with Crippen molar-refractivity contribution >= 4 is 15.5 Å².